The molecular weight excluding hydrogens is 1510 g/mol. The molecule has 0 atom stereocenters. The van der Waals surface area contributed by atoms with E-state index in [1.807, 2.05) is 97.1 Å². The van der Waals surface area contributed by atoms with Crippen LogP contribution in [-0.2, 0) is 0 Å². The Morgan fingerprint density at radius 1 is 0.121 bits per heavy atom. The van der Waals surface area contributed by atoms with Gasteiger partial charge in [0.05, 0.1) is 55.5 Å². The largest absolute Gasteiger partial charge is 0.309 e. The van der Waals surface area contributed by atoms with Crippen LogP contribution in [0.25, 0.3) is 223 Å². The lowest BCUT2D eigenvalue weighted by atomic mass is 10.0. The summed E-state index contributed by atoms with van der Waals surface area (Å²) in [6.07, 6.45) is 0. The van der Waals surface area contributed by atoms with Crippen LogP contribution >= 0.6 is 0 Å². The number of para-hydroxylation sites is 6. The molecule has 18 aromatic carbocycles. The van der Waals surface area contributed by atoms with Crippen molar-refractivity contribution in [1.82, 2.24) is 43.2 Å². The minimum Gasteiger partial charge on any atom is -0.309 e. The van der Waals surface area contributed by atoms with Crippen molar-refractivity contribution >= 4 is 87.2 Å². The Labute approximate surface area is 716 Å². The zero-order valence-corrected chi connectivity index (χ0v) is 67.3. The Hall–Kier alpha value is -16.8. The van der Waals surface area contributed by atoms with Gasteiger partial charge in [0.2, 0.25) is 0 Å². The number of aromatic nitrogens is 9. The molecule has 0 bridgehead atoms. The van der Waals surface area contributed by atoms with Crippen LogP contribution in [0.4, 0.5) is 0 Å². The summed E-state index contributed by atoms with van der Waals surface area (Å²) in [5.41, 5.74) is 31.2. The van der Waals surface area contributed by atoms with Gasteiger partial charge in [-0.1, -0.05) is 340 Å². The van der Waals surface area contributed by atoms with Crippen LogP contribution in [0.5, 0.6) is 0 Å². The van der Waals surface area contributed by atoms with Crippen molar-refractivity contribution in [2.24, 2.45) is 0 Å². The van der Waals surface area contributed by atoms with Gasteiger partial charge in [-0.2, -0.15) is 0 Å². The van der Waals surface area contributed by atoms with Crippen molar-refractivity contribution < 1.29 is 0 Å². The molecule has 124 heavy (non-hydrogen) atoms. The first-order valence-corrected chi connectivity index (χ1v) is 42.0. The Morgan fingerprint density at radius 3 is 0.685 bits per heavy atom. The zero-order valence-electron chi connectivity index (χ0n) is 67.3. The molecule has 0 unspecified atom stereocenters. The maximum absolute atomic E-state index is 5.03. The second-order valence-corrected chi connectivity index (χ2v) is 31.5. The molecule has 24 aromatic rings. The first kappa shape index (κ1) is 72.5. The topological polar surface area (TPSA) is 84.2 Å². The molecule has 6 aromatic heterocycles. The van der Waals surface area contributed by atoms with Crippen molar-refractivity contribution in [3.8, 4) is 135 Å². The highest BCUT2D eigenvalue weighted by molar-refractivity contribution is 6.15. The van der Waals surface area contributed by atoms with Crippen molar-refractivity contribution in [3.63, 3.8) is 0 Å². The Bertz CT molecular complexity index is 7550. The van der Waals surface area contributed by atoms with Gasteiger partial charge < -0.3 is 18.3 Å². The maximum atomic E-state index is 5.03. The molecule has 0 aliphatic rings. The van der Waals surface area contributed by atoms with Crippen LogP contribution in [0.15, 0.2) is 455 Å². The second-order valence-electron chi connectivity index (χ2n) is 31.5. The molecule has 0 saturated carbocycles. The zero-order chi connectivity index (χ0) is 82.0. The minimum atomic E-state index is 0.644. The molecule has 580 valence electrons. The van der Waals surface area contributed by atoms with E-state index in [9.17, 15) is 0 Å². The fourth-order valence-electron chi connectivity index (χ4n) is 18.1. The predicted octanol–water partition coefficient (Wildman–Crippen LogP) is 29.4. The Balaban J connectivity index is 0.000000143. The third kappa shape index (κ3) is 13.1. The quantitative estimate of drug-likeness (QED) is 0.108. The normalized spacial score (nSPS) is 11.5. The fraction of sp³-hybridized carbons (Fsp3) is 0. The molecule has 0 saturated heterocycles. The summed E-state index contributed by atoms with van der Waals surface area (Å²) in [5, 5.41) is 9.95. The highest BCUT2D eigenvalue weighted by atomic mass is 15.0. The molecule has 6 heterocycles. The maximum Gasteiger partial charge on any atom is 0.164 e. The van der Waals surface area contributed by atoms with Crippen LogP contribution in [-0.4, -0.2) is 43.2 Å². The van der Waals surface area contributed by atoms with E-state index in [1.165, 1.54) is 109 Å². The standard InChI is InChI=1S/C58H38N4.C57H37N5/c1-4-14-41(15-5-1)52-38-53(42-16-6-2-7-17-42)60-58(59-52)43-26-24-39(25-27-43)40-28-32-47(33-29-40)61-55-23-13-11-21-49(55)51-36-44(31-35-56(51)61)45-30-34-50-48-20-10-12-22-54(48)62(57(50)37-45)46-18-8-3-9-19-46;1-4-14-40(15-5-1)55-58-56(41-16-6-2-7-17-41)60-57(59-55)42-26-24-38(25-27-42)39-28-32-46(33-29-39)61-52-23-13-11-21-48(52)50-36-43(31-35-53(50)61)44-30-34-49-47-20-10-12-22-51(47)62(54(49)37-44)45-18-8-3-9-19-45/h1-38H;1-37H. The van der Waals surface area contributed by atoms with Crippen molar-refractivity contribution in [2.45, 2.75) is 0 Å². The second kappa shape index (κ2) is 30.9. The van der Waals surface area contributed by atoms with Gasteiger partial charge in [0.15, 0.2) is 23.3 Å². The van der Waals surface area contributed by atoms with Crippen LogP contribution in [0.1, 0.15) is 0 Å². The lowest BCUT2D eigenvalue weighted by molar-refractivity contribution is 1.07. The lowest BCUT2D eigenvalue weighted by Gasteiger charge is -2.11. The summed E-state index contributed by atoms with van der Waals surface area (Å²) in [5.74, 6) is 2.66. The van der Waals surface area contributed by atoms with Gasteiger partial charge in [0.25, 0.3) is 0 Å². The van der Waals surface area contributed by atoms with Crippen LogP contribution in [0.3, 0.4) is 0 Å². The third-order valence-corrected chi connectivity index (χ3v) is 24.2. The highest BCUT2D eigenvalue weighted by Gasteiger charge is 2.22. The first-order valence-electron chi connectivity index (χ1n) is 42.0. The van der Waals surface area contributed by atoms with E-state index in [0.717, 1.165) is 89.8 Å². The van der Waals surface area contributed by atoms with Crippen molar-refractivity contribution in [1.29, 1.82) is 0 Å². The van der Waals surface area contributed by atoms with E-state index in [1.54, 1.807) is 0 Å². The van der Waals surface area contributed by atoms with E-state index in [4.69, 9.17) is 24.9 Å². The first-order chi connectivity index (χ1) is 61.5. The van der Waals surface area contributed by atoms with Crippen LogP contribution in [0, 0.1) is 0 Å². The molecule has 9 nitrogen and oxygen atoms in total. The van der Waals surface area contributed by atoms with E-state index in [2.05, 4.69) is 376 Å². The summed E-state index contributed by atoms with van der Waals surface area (Å²) >= 11 is 0. The van der Waals surface area contributed by atoms with Crippen LogP contribution < -0.4 is 0 Å². The number of fused-ring (bicyclic) bond motifs is 12. The summed E-state index contributed by atoms with van der Waals surface area (Å²) < 4.78 is 9.54. The van der Waals surface area contributed by atoms with Gasteiger partial charge in [-0.15, -0.1) is 0 Å². The molecule has 0 spiro atoms. The van der Waals surface area contributed by atoms with Gasteiger partial charge in [-0.25, -0.2) is 24.9 Å². The average molecular weight is 1580 g/mol. The van der Waals surface area contributed by atoms with E-state index >= 15 is 0 Å². The van der Waals surface area contributed by atoms with Gasteiger partial charge in [-0.05, 0) is 160 Å². The molecule has 0 aliphatic heterocycles. The average Bonchev–Trinajstić information content (AvgIpc) is 1.58. The molecule has 0 amide bonds. The molecule has 0 aliphatic carbocycles. The number of rotatable bonds is 14. The SMILES string of the molecule is c1ccc(-c2cc(-c3ccccc3)nc(-c3ccc(-c4ccc(-n5c6ccccc6c6cc(-c7ccc8c9ccccc9n(-c9ccccc9)c8c7)ccc65)cc4)cc3)n2)cc1.c1ccc(-c2nc(-c3ccccc3)nc(-c3ccc(-c4ccc(-n5c6ccccc6c6cc(-c7ccc8c9ccccc9n(-c9ccccc9)c8c7)ccc65)cc4)cc3)n2)cc1. The Morgan fingerprint density at radius 2 is 0.339 bits per heavy atom. The van der Waals surface area contributed by atoms with E-state index < -0.39 is 0 Å². The van der Waals surface area contributed by atoms with Gasteiger partial charge in [-0.3, -0.25) is 0 Å². The number of nitrogens with zero attached hydrogens (tertiary/aromatic N) is 9. The lowest BCUT2D eigenvalue weighted by Crippen LogP contribution is -2.00. The summed E-state index contributed by atoms with van der Waals surface area (Å²) in [6.45, 7) is 0. The van der Waals surface area contributed by atoms with Crippen molar-refractivity contribution in [2.75, 3.05) is 0 Å². The number of hydrogen-bond donors (Lipinski definition) is 0. The monoisotopic (exact) mass is 1580 g/mol. The van der Waals surface area contributed by atoms with Crippen LogP contribution in [0.2, 0.25) is 0 Å². The fourth-order valence-corrected chi connectivity index (χ4v) is 18.1. The number of benzene rings is 18. The smallest absolute Gasteiger partial charge is 0.164 e. The Kier molecular flexibility index (Phi) is 18.0. The molecule has 9 heteroatoms. The van der Waals surface area contributed by atoms with E-state index in [0.29, 0.717) is 23.3 Å². The van der Waals surface area contributed by atoms with Crippen molar-refractivity contribution in [3.05, 3.63) is 455 Å². The van der Waals surface area contributed by atoms with Gasteiger partial charge in [0.1, 0.15) is 0 Å². The summed E-state index contributed by atoms with van der Waals surface area (Å²) in [6, 6.07) is 162. The summed E-state index contributed by atoms with van der Waals surface area (Å²) in [4.78, 5) is 24.8. The highest BCUT2D eigenvalue weighted by Crippen LogP contribution is 2.43. The van der Waals surface area contributed by atoms with Gasteiger partial charge >= 0.3 is 0 Å². The number of hydrogen-bond acceptors (Lipinski definition) is 5. The molecule has 0 fully saturated rings. The predicted molar refractivity (Wildman–Crippen MR) is 514 cm³/mol. The third-order valence-electron chi connectivity index (χ3n) is 24.2. The molecular formula is C115H75N9. The molecule has 0 N–H and O–H groups in total. The van der Waals surface area contributed by atoms with Gasteiger partial charge in [0, 0.05) is 99.2 Å². The summed E-state index contributed by atoms with van der Waals surface area (Å²) in [7, 11) is 0. The van der Waals surface area contributed by atoms with E-state index in [-0.39, 0.29) is 0 Å². The molecule has 0 radical (unpaired) electrons. The molecule has 24 rings (SSSR count). The minimum absolute atomic E-state index is 0.644.